The summed E-state index contributed by atoms with van der Waals surface area (Å²) in [6, 6.07) is 4.17. The van der Waals surface area contributed by atoms with E-state index in [0.29, 0.717) is 5.71 Å². The molecular weight excluding hydrogens is 275 g/mol. The summed E-state index contributed by atoms with van der Waals surface area (Å²) < 4.78 is 37.4. The minimum absolute atomic E-state index is 0.0144. The molecule has 2 N–H and O–H groups in total. The zero-order chi connectivity index (χ0) is 14.0. The van der Waals surface area contributed by atoms with Gasteiger partial charge in [0.2, 0.25) is 0 Å². The first kappa shape index (κ1) is 13.4. The highest BCUT2D eigenvalue weighted by molar-refractivity contribution is 7.89. The Balaban J connectivity index is 2.25. The zero-order valence-electron chi connectivity index (χ0n) is 9.92. The van der Waals surface area contributed by atoms with E-state index >= 15 is 0 Å². The van der Waals surface area contributed by atoms with E-state index in [2.05, 4.69) is 10.5 Å². The summed E-state index contributed by atoms with van der Waals surface area (Å²) in [5, 5.41) is 4.46. The maximum Gasteiger partial charge on any atom is 0.353 e. The van der Waals surface area contributed by atoms with Gasteiger partial charge in [-0.1, -0.05) is 12.1 Å². The Bertz CT molecular complexity index is 644. The van der Waals surface area contributed by atoms with Crippen molar-refractivity contribution < 1.29 is 17.6 Å². The number of hydrazone groups is 1. The van der Waals surface area contributed by atoms with Gasteiger partial charge in [-0.15, -0.1) is 4.83 Å². The molecule has 0 spiro atoms. The molecule has 0 aromatic heterocycles. The number of amides is 2. The number of nitrogens with zero attached hydrogens (tertiary/aromatic N) is 2. The maximum absolute atomic E-state index is 13.5. The lowest BCUT2D eigenvalue weighted by molar-refractivity contribution is 0.193. The number of sulfonamides is 1. The Labute approximate surface area is 109 Å². The van der Waals surface area contributed by atoms with Crippen LogP contribution in [0.25, 0.3) is 0 Å². The van der Waals surface area contributed by atoms with Crippen molar-refractivity contribution in [1.29, 1.82) is 0 Å². The summed E-state index contributed by atoms with van der Waals surface area (Å²) in [6.45, 7) is 1.60. The topological polar surface area (TPSA) is 90.9 Å². The fraction of sp³-hybridized carbons (Fsp3) is 0.200. The van der Waals surface area contributed by atoms with Crippen LogP contribution in [-0.4, -0.2) is 31.7 Å². The second-order valence-electron chi connectivity index (χ2n) is 3.88. The highest BCUT2D eigenvalue weighted by Gasteiger charge is 2.26. The van der Waals surface area contributed by atoms with E-state index in [9.17, 15) is 17.6 Å². The lowest BCUT2D eigenvalue weighted by Gasteiger charge is -2.25. The van der Waals surface area contributed by atoms with Crippen LogP contribution in [0.3, 0.4) is 0 Å². The molecule has 0 saturated carbocycles. The van der Waals surface area contributed by atoms with E-state index in [-0.39, 0.29) is 6.54 Å². The van der Waals surface area contributed by atoms with Crippen LogP contribution in [-0.2, 0) is 10.0 Å². The molecule has 7 nitrogen and oxygen atoms in total. The van der Waals surface area contributed by atoms with Gasteiger partial charge in [0, 0.05) is 0 Å². The zero-order valence-corrected chi connectivity index (χ0v) is 10.7. The molecule has 0 aliphatic carbocycles. The molecule has 102 valence electrons. The monoisotopic (exact) mass is 286 g/mol. The second-order valence-corrected chi connectivity index (χ2v) is 5.50. The van der Waals surface area contributed by atoms with Crippen LogP contribution < -0.4 is 10.3 Å². The molecule has 2 amide bonds. The van der Waals surface area contributed by atoms with Crippen LogP contribution in [0.5, 0.6) is 0 Å². The first-order valence-electron chi connectivity index (χ1n) is 5.28. The van der Waals surface area contributed by atoms with Gasteiger partial charge in [-0.25, -0.2) is 28.0 Å². The Morgan fingerprint density at radius 3 is 2.79 bits per heavy atom. The van der Waals surface area contributed by atoms with Gasteiger partial charge in [0.25, 0.3) is 10.0 Å². The largest absolute Gasteiger partial charge is 0.353 e. The molecule has 1 aromatic rings. The average Bonchev–Trinajstić information content (AvgIpc) is 2.34. The standard InChI is InChI=1S/C10H11FN4O3S/c1-7-6-15(10(16)13-12-7)14-19(17,18)9-5-3-2-4-8(9)11/h2-5,14H,6H2,1H3,(H,13,16). The van der Waals surface area contributed by atoms with Crippen molar-refractivity contribution in [2.75, 3.05) is 6.54 Å². The SMILES string of the molecule is CC1=NNC(=O)N(NS(=O)(=O)c2ccccc2F)C1. The number of hydrogen-bond acceptors (Lipinski definition) is 4. The van der Waals surface area contributed by atoms with Crippen molar-refractivity contribution in [3.05, 3.63) is 30.1 Å². The molecule has 1 aliphatic rings. The molecule has 0 radical (unpaired) electrons. The molecule has 1 aliphatic heterocycles. The maximum atomic E-state index is 13.5. The van der Waals surface area contributed by atoms with Gasteiger partial charge >= 0.3 is 6.03 Å². The summed E-state index contributed by atoms with van der Waals surface area (Å²) in [5.74, 6) is -0.891. The number of urea groups is 1. The van der Waals surface area contributed by atoms with Crippen LogP contribution in [0.15, 0.2) is 34.3 Å². The number of hydrogen-bond donors (Lipinski definition) is 2. The van der Waals surface area contributed by atoms with Gasteiger partial charge in [-0.3, -0.25) is 0 Å². The first-order valence-corrected chi connectivity index (χ1v) is 6.76. The highest BCUT2D eigenvalue weighted by Crippen LogP contribution is 2.13. The third-order valence-corrected chi connectivity index (χ3v) is 3.70. The van der Waals surface area contributed by atoms with Gasteiger partial charge < -0.3 is 0 Å². The van der Waals surface area contributed by atoms with Gasteiger partial charge in [0.05, 0.1) is 12.3 Å². The summed E-state index contributed by atoms with van der Waals surface area (Å²) in [6.07, 6.45) is 0. The predicted octanol–water partition coefficient (Wildman–Crippen LogP) is 0.420. The quantitative estimate of drug-likeness (QED) is 0.843. The number of rotatable bonds is 3. The number of carbonyl (C=O) groups is 1. The molecule has 0 bridgehead atoms. The van der Waals surface area contributed by atoms with Crippen LogP contribution in [0, 0.1) is 5.82 Å². The van der Waals surface area contributed by atoms with Gasteiger partial charge in [-0.05, 0) is 19.1 Å². The fourth-order valence-electron chi connectivity index (χ4n) is 1.47. The number of halogens is 1. The average molecular weight is 286 g/mol. The number of carbonyl (C=O) groups excluding carboxylic acids is 1. The summed E-state index contributed by atoms with van der Waals surface area (Å²) in [5.41, 5.74) is 2.63. The van der Waals surface area contributed by atoms with Crippen molar-refractivity contribution in [2.45, 2.75) is 11.8 Å². The number of nitrogens with one attached hydrogen (secondary N) is 2. The molecule has 1 heterocycles. The summed E-state index contributed by atoms with van der Waals surface area (Å²) >= 11 is 0. The number of benzene rings is 1. The fourth-order valence-corrected chi connectivity index (χ4v) is 2.59. The Morgan fingerprint density at radius 1 is 1.42 bits per heavy atom. The van der Waals surface area contributed by atoms with Crippen molar-refractivity contribution in [2.24, 2.45) is 5.10 Å². The Morgan fingerprint density at radius 2 is 2.11 bits per heavy atom. The molecule has 2 rings (SSSR count). The molecular formula is C10H11FN4O3S. The van der Waals surface area contributed by atoms with Crippen molar-refractivity contribution in [1.82, 2.24) is 15.3 Å². The lowest BCUT2D eigenvalue weighted by Crippen LogP contribution is -2.54. The molecule has 0 atom stereocenters. The molecule has 9 heteroatoms. The third kappa shape index (κ3) is 2.88. The minimum Gasteiger partial charge on any atom is -0.245 e. The van der Waals surface area contributed by atoms with Crippen LogP contribution in [0.1, 0.15) is 6.92 Å². The van der Waals surface area contributed by atoms with Crippen molar-refractivity contribution >= 4 is 21.8 Å². The minimum atomic E-state index is -4.16. The predicted molar refractivity (Wildman–Crippen MR) is 65.1 cm³/mol. The Hall–Kier alpha value is -2.00. The van der Waals surface area contributed by atoms with E-state index in [4.69, 9.17) is 0 Å². The number of hydrazine groups is 1. The van der Waals surface area contributed by atoms with Crippen molar-refractivity contribution in [3.63, 3.8) is 0 Å². The molecule has 0 unspecified atom stereocenters. The van der Waals surface area contributed by atoms with E-state index in [1.807, 2.05) is 4.83 Å². The van der Waals surface area contributed by atoms with Crippen LogP contribution in [0.4, 0.5) is 9.18 Å². The van der Waals surface area contributed by atoms with Crippen molar-refractivity contribution in [3.8, 4) is 0 Å². The normalized spacial score (nSPS) is 16.0. The van der Waals surface area contributed by atoms with E-state index < -0.39 is 26.8 Å². The summed E-state index contributed by atoms with van der Waals surface area (Å²) in [4.78, 5) is 12.9. The molecule has 1 aromatic carbocycles. The van der Waals surface area contributed by atoms with Gasteiger partial charge in [-0.2, -0.15) is 5.10 Å². The molecule has 0 fully saturated rings. The third-order valence-electron chi connectivity index (χ3n) is 2.33. The second kappa shape index (κ2) is 4.94. The van der Waals surface area contributed by atoms with Gasteiger partial charge in [0.15, 0.2) is 0 Å². The first-order chi connectivity index (χ1) is 8.90. The summed E-state index contributed by atoms with van der Waals surface area (Å²) in [7, 11) is -4.16. The molecule has 19 heavy (non-hydrogen) atoms. The van der Waals surface area contributed by atoms with Crippen LogP contribution >= 0.6 is 0 Å². The van der Waals surface area contributed by atoms with E-state index in [1.165, 1.54) is 12.1 Å². The highest BCUT2D eigenvalue weighted by atomic mass is 32.2. The van der Waals surface area contributed by atoms with E-state index in [0.717, 1.165) is 17.1 Å². The Kier molecular flexibility index (Phi) is 3.49. The van der Waals surface area contributed by atoms with E-state index in [1.54, 1.807) is 6.92 Å². The van der Waals surface area contributed by atoms with Crippen LogP contribution in [0.2, 0.25) is 0 Å². The smallest absolute Gasteiger partial charge is 0.245 e. The molecule has 0 saturated heterocycles. The van der Waals surface area contributed by atoms with Gasteiger partial charge in [0.1, 0.15) is 10.7 Å². The lowest BCUT2D eigenvalue weighted by atomic mass is 10.4.